The predicted octanol–water partition coefficient (Wildman–Crippen LogP) is 21.8. The van der Waals surface area contributed by atoms with Gasteiger partial charge in [-0.15, -0.1) is 0 Å². The van der Waals surface area contributed by atoms with Gasteiger partial charge in [0.2, 0.25) is 5.91 Å². The van der Waals surface area contributed by atoms with Gasteiger partial charge in [-0.3, -0.25) is 9.59 Å². The van der Waals surface area contributed by atoms with Crippen LogP contribution >= 0.6 is 0 Å². The van der Waals surface area contributed by atoms with Crippen LogP contribution in [-0.4, -0.2) is 47.4 Å². The molecule has 2 unspecified atom stereocenters. The number of aliphatic hydroxyl groups excluding tert-OH is 2. The van der Waals surface area contributed by atoms with E-state index in [0.717, 1.165) is 51.4 Å². The van der Waals surface area contributed by atoms with Crippen molar-refractivity contribution >= 4 is 11.9 Å². The summed E-state index contributed by atoms with van der Waals surface area (Å²) >= 11 is 0. The van der Waals surface area contributed by atoms with Crippen molar-refractivity contribution < 1.29 is 24.5 Å². The summed E-state index contributed by atoms with van der Waals surface area (Å²) in [5.41, 5.74) is 0. The number of hydrogen-bond donors (Lipinski definition) is 3. The number of carbonyl (C=O) groups is 2. The second-order valence-corrected chi connectivity index (χ2v) is 23.5. The smallest absolute Gasteiger partial charge is 0.305 e. The number of nitrogens with one attached hydrogen (secondary N) is 1. The molecule has 444 valence electrons. The molecular formula is C69H133NO5. The average Bonchev–Trinajstić information content (AvgIpc) is 3.41. The molecule has 1 amide bonds. The standard InChI is InChI=1S/C69H133NO5/c1-3-5-7-9-11-13-15-17-19-34-37-41-45-49-53-57-61-67(72)66(65-71)70-68(73)62-58-54-50-46-42-38-35-32-30-28-26-24-22-20-21-23-25-27-29-31-33-36-40-44-48-52-56-60-64-75-69(74)63-59-55-51-47-43-39-18-16-14-12-10-8-6-4-2/h10,12,16,18,66-67,71-72H,3-9,11,13-15,17,19-65H2,1-2H3,(H,70,73)/b12-10-,18-16-. The van der Waals surface area contributed by atoms with Gasteiger partial charge in [0.05, 0.1) is 25.4 Å². The SMILES string of the molecule is CCCC/C=C\C/C=C\CCCCCCCC(=O)OCCCCCCCCCCCCCCCCCCCCCCCCCCCCCCC(=O)NC(CO)C(O)CCCCCCCCCCCCCCCCCC. The van der Waals surface area contributed by atoms with Gasteiger partial charge in [0, 0.05) is 12.8 Å². The van der Waals surface area contributed by atoms with Crippen molar-refractivity contribution in [1.29, 1.82) is 0 Å². The maximum atomic E-state index is 12.5. The lowest BCUT2D eigenvalue weighted by atomic mass is 10.0. The maximum absolute atomic E-state index is 12.5. The summed E-state index contributed by atoms with van der Waals surface area (Å²) in [5, 5.41) is 23.3. The quantitative estimate of drug-likeness (QED) is 0.0320. The molecule has 0 saturated heterocycles. The minimum absolute atomic E-state index is 0.00466. The van der Waals surface area contributed by atoms with Gasteiger partial charge >= 0.3 is 5.97 Å². The van der Waals surface area contributed by atoms with E-state index in [2.05, 4.69) is 43.5 Å². The summed E-state index contributed by atoms with van der Waals surface area (Å²) in [6, 6.07) is -0.539. The van der Waals surface area contributed by atoms with E-state index in [1.165, 1.54) is 295 Å². The Morgan fingerprint density at radius 1 is 0.373 bits per heavy atom. The Balaban J connectivity index is 3.34. The van der Waals surface area contributed by atoms with Crippen LogP contribution in [0.4, 0.5) is 0 Å². The van der Waals surface area contributed by atoms with Gasteiger partial charge in [0.1, 0.15) is 0 Å². The first-order valence-corrected chi connectivity index (χ1v) is 34.1. The number of rotatable bonds is 64. The molecule has 6 nitrogen and oxygen atoms in total. The summed E-state index contributed by atoms with van der Waals surface area (Å²) in [7, 11) is 0. The fourth-order valence-electron chi connectivity index (χ4n) is 10.8. The largest absolute Gasteiger partial charge is 0.466 e. The fraction of sp³-hybridized carbons (Fsp3) is 0.913. The Morgan fingerprint density at radius 3 is 1.05 bits per heavy atom. The number of carbonyl (C=O) groups excluding carboxylic acids is 2. The van der Waals surface area contributed by atoms with Crippen LogP contribution in [0.3, 0.4) is 0 Å². The van der Waals surface area contributed by atoms with Gasteiger partial charge < -0.3 is 20.3 Å². The lowest BCUT2D eigenvalue weighted by molar-refractivity contribution is -0.143. The first kappa shape index (κ1) is 73.3. The van der Waals surface area contributed by atoms with Gasteiger partial charge in [-0.2, -0.15) is 0 Å². The molecule has 0 aromatic rings. The summed E-state index contributed by atoms with van der Waals surface area (Å²) in [6.45, 7) is 4.94. The molecule has 0 aliphatic carbocycles. The highest BCUT2D eigenvalue weighted by Crippen LogP contribution is 2.19. The Kier molecular flexibility index (Phi) is 63.4. The van der Waals surface area contributed by atoms with Crippen molar-refractivity contribution in [1.82, 2.24) is 5.32 Å². The molecule has 0 aliphatic heterocycles. The van der Waals surface area contributed by atoms with Crippen LogP contribution < -0.4 is 5.32 Å². The van der Waals surface area contributed by atoms with Crippen molar-refractivity contribution in [2.75, 3.05) is 13.2 Å². The monoisotopic (exact) mass is 1060 g/mol. The number of amides is 1. The Morgan fingerprint density at radius 2 is 0.680 bits per heavy atom. The molecular weight excluding hydrogens is 923 g/mol. The number of unbranched alkanes of at least 4 members (excludes halogenated alkanes) is 49. The molecule has 0 bridgehead atoms. The van der Waals surface area contributed by atoms with E-state index >= 15 is 0 Å². The van der Waals surface area contributed by atoms with E-state index in [9.17, 15) is 19.8 Å². The molecule has 0 rings (SSSR count). The Bertz CT molecular complexity index is 1170. The molecule has 0 aliphatic rings. The number of hydrogen-bond acceptors (Lipinski definition) is 5. The summed E-state index contributed by atoms with van der Waals surface area (Å²) < 4.78 is 5.48. The average molecular weight is 1060 g/mol. The van der Waals surface area contributed by atoms with Crippen molar-refractivity contribution in [2.24, 2.45) is 0 Å². The first-order chi connectivity index (χ1) is 37.0. The second-order valence-electron chi connectivity index (χ2n) is 23.5. The van der Waals surface area contributed by atoms with Crippen LogP contribution in [0.25, 0.3) is 0 Å². The molecule has 0 heterocycles. The van der Waals surface area contributed by atoms with E-state index < -0.39 is 12.1 Å². The third-order valence-electron chi connectivity index (χ3n) is 16.0. The number of allylic oxidation sites excluding steroid dienone is 4. The van der Waals surface area contributed by atoms with Crippen LogP contribution in [0.1, 0.15) is 380 Å². The van der Waals surface area contributed by atoms with Crippen LogP contribution in [-0.2, 0) is 14.3 Å². The van der Waals surface area contributed by atoms with E-state index in [4.69, 9.17) is 4.74 Å². The van der Waals surface area contributed by atoms with Gasteiger partial charge in [0.15, 0.2) is 0 Å². The van der Waals surface area contributed by atoms with Crippen molar-refractivity contribution in [3.63, 3.8) is 0 Å². The molecule has 0 aromatic heterocycles. The van der Waals surface area contributed by atoms with Gasteiger partial charge in [-0.05, 0) is 51.4 Å². The third kappa shape index (κ3) is 61.4. The van der Waals surface area contributed by atoms with E-state index in [0.29, 0.717) is 25.9 Å². The summed E-state index contributed by atoms with van der Waals surface area (Å²) in [4.78, 5) is 24.6. The summed E-state index contributed by atoms with van der Waals surface area (Å²) in [5.74, 6) is -0.0242. The number of esters is 1. The van der Waals surface area contributed by atoms with Crippen molar-refractivity contribution in [2.45, 2.75) is 392 Å². The van der Waals surface area contributed by atoms with E-state index in [-0.39, 0.29) is 18.5 Å². The van der Waals surface area contributed by atoms with Crippen LogP contribution in [0.2, 0.25) is 0 Å². The Labute approximate surface area is 469 Å². The second kappa shape index (κ2) is 64.9. The zero-order chi connectivity index (χ0) is 54.3. The highest BCUT2D eigenvalue weighted by Gasteiger charge is 2.20. The molecule has 3 N–H and O–H groups in total. The minimum Gasteiger partial charge on any atom is -0.466 e. The molecule has 0 spiro atoms. The Hall–Kier alpha value is -1.66. The topological polar surface area (TPSA) is 95.9 Å². The van der Waals surface area contributed by atoms with E-state index in [1.807, 2.05) is 0 Å². The molecule has 2 atom stereocenters. The zero-order valence-corrected chi connectivity index (χ0v) is 50.8. The van der Waals surface area contributed by atoms with Crippen molar-refractivity contribution in [3.8, 4) is 0 Å². The normalized spacial score (nSPS) is 12.6. The first-order valence-electron chi connectivity index (χ1n) is 34.1. The summed E-state index contributed by atoms with van der Waals surface area (Å²) in [6.07, 6.45) is 80.7. The highest BCUT2D eigenvalue weighted by molar-refractivity contribution is 5.76. The van der Waals surface area contributed by atoms with Crippen molar-refractivity contribution in [3.05, 3.63) is 24.3 Å². The highest BCUT2D eigenvalue weighted by atomic mass is 16.5. The fourth-order valence-corrected chi connectivity index (χ4v) is 10.8. The number of aliphatic hydroxyl groups is 2. The molecule has 0 radical (unpaired) electrons. The molecule has 0 fully saturated rings. The maximum Gasteiger partial charge on any atom is 0.305 e. The predicted molar refractivity (Wildman–Crippen MR) is 329 cm³/mol. The van der Waals surface area contributed by atoms with E-state index in [1.54, 1.807) is 0 Å². The lowest BCUT2D eigenvalue weighted by Crippen LogP contribution is -2.45. The molecule has 6 heteroatoms. The minimum atomic E-state index is -0.662. The molecule has 0 saturated carbocycles. The van der Waals surface area contributed by atoms with Crippen LogP contribution in [0, 0.1) is 0 Å². The third-order valence-corrected chi connectivity index (χ3v) is 16.0. The van der Waals surface area contributed by atoms with Crippen LogP contribution in [0.15, 0.2) is 24.3 Å². The molecule has 0 aromatic carbocycles. The lowest BCUT2D eigenvalue weighted by Gasteiger charge is -2.22. The van der Waals surface area contributed by atoms with Gasteiger partial charge in [0.25, 0.3) is 0 Å². The number of ether oxygens (including phenoxy) is 1. The van der Waals surface area contributed by atoms with Gasteiger partial charge in [-0.1, -0.05) is 340 Å². The molecule has 75 heavy (non-hydrogen) atoms. The zero-order valence-electron chi connectivity index (χ0n) is 50.8. The van der Waals surface area contributed by atoms with Gasteiger partial charge in [-0.25, -0.2) is 0 Å². The van der Waals surface area contributed by atoms with Crippen LogP contribution in [0.5, 0.6) is 0 Å².